The third-order valence-electron chi connectivity index (χ3n) is 5.93. The number of aromatic amines is 1. The maximum Gasteiger partial charge on any atom is 0.573 e. The number of pyridine rings is 1. The molecule has 2 amide bonds. The first-order chi connectivity index (χ1) is 16.0. The SMILES string of the molecule is CN(C)C(=O)c1cnc2[nH]cc(C3CCN(C(=O)c4ccc(OC(F)(F)F)cc4N)CC3)c2c1. The van der Waals surface area contributed by atoms with Gasteiger partial charge in [0, 0.05) is 56.7 Å². The minimum atomic E-state index is -4.84. The summed E-state index contributed by atoms with van der Waals surface area (Å²) in [5.74, 6) is -0.787. The molecule has 4 rings (SSSR count). The number of nitrogen functional groups attached to an aromatic ring is 1. The molecule has 180 valence electrons. The molecular weight excluding hydrogens is 451 g/mol. The number of rotatable bonds is 4. The van der Waals surface area contributed by atoms with Crippen molar-refractivity contribution in [3.8, 4) is 5.75 Å². The van der Waals surface area contributed by atoms with Crippen LogP contribution < -0.4 is 10.5 Å². The second kappa shape index (κ2) is 8.88. The molecule has 2 aromatic heterocycles. The molecule has 0 bridgehead atoms. The number of hydrogen-bond donors (Lipinski definition) is 2. The van der Waals surface area contributed by atoms with Crippen LogP contribution in [0.5, 0.6) is 5.75 Å². The molecule has 3 aromatic rings. The number of amides is 2. The molecule has 3 heterocycles. The third kappa shape index (κ3) is 4.78. The van der Waals surface area contributed by atoms with Crippen molar-refractivity contribution in [2.75, 3.05) is 32.9 Å². The molecule has 1 aliphatic rings. The maximum absolute atomic E-state index is 12.9. The molecule has 1 fully saturated rings. The summed E-state index contributed by atoms with van der Waals surface area (Å²) in [5, 5.41) is 0.877. The Labute approximate surface area is 193 Å². The average Bonchev–Trinajstić information content (AvgIpc) is 3.20. The van der Waals surface area contributed by atoms with Crippen LogP contribution in [0.1, 0.15) is 45.0 Å². The van der Waals surface area contributed by atoms with Crippen LogP contribution in [0.25, 0.3) is 11.0 Å². The summed E-state index contributed by atoms with van der Waals surface area (Å²) in [4.78, 5) is 35.9. The number of likely N-dealkylation sites (tertiary alicyclic amines) is 1. The van der Waals surface area contributed by atoms with E-state index in [0.29, 0.717) is 37.1 Å². The van der Waals surface area contributed by atoms with Crippen LogP contribution in [-0.4, -0.2) is 65.1 Å². The lowest BCUT2D eigenvalue weighted by molar-refractivity contribution is -0.274. The van der Waals surface area contributed by atoms with Gasteiger partial charge >= 0.3 is 6.36 Å². The van der Waals surface area contributed by atoms with Crippen LogP contribution in [-0.2, 0) is 0 Å². The van der Waals surface area contributed by atoms with Gasteiger partial charge in [0.15, 0.2) is 0 Å². The molecule has 11 heteroatoms. The fourth-order valence-electron chi connectivity index (χ4n) is 4.23. The maximum atomic E-state index is 12.9. The number of nitrogens with one attached hydrogen (secondary N) is 1. The molecule has 0 unspecified atom stereocenters. The van der Waals surface area contributed by atoms with Crippen molar-refractivity contribution in [1.82, 2.24) is 19.8 Å². The van der Waals surface area contributed by atoms with Gasteiger partial charge < -0.3 is 25.3 Å². The Morgan fingerprint density at radius 3 is 2.53 bits per heavy atom. The molecule has 34 heavy (non-hydrogen) atoms. The fraction of sp³-hybridized carbons (Fsp3) is 0.348. The molecule has 8 nitrogen and oxygen atoms in total. The van der Waals surface area contributed by atoms with E-state index < -0.39 is 12.1 Å². The van der Waals surface area contributed by atoms with Gasteiger partial charge in [-0.3, -0.25) is 9.59 Å². The number of alkyl halides is 3. The normalized spacial score (nSPS) is 14.9. The summed E-state index contributed by atoms with van der Waals surface area (Å²) in [6.07, 6.45) is -0.0412. The lowest BCUT2D eigenvalue weighted by Gasteiger charge is -2.32. The lowest BCUT2D eigenvalue weighted by Crippen LogP contribution is -2.38. The summed E-state index contributed by atoms with van der Waals surface area (Å²) >= 11 is 0. The van der Waals surface area contributed by atoms with Gasteiger partial charge in [0.2, 0.25) is 0 Å². The van der Waals surface area contributed by atoms with E-state index >= 15 is 0 Å². The number of nitrogens with zero attached hydrogens (tertiary/aromatic N) is 3. The predicted molar refractivity (Wildman–Crippen MR) is 120 cm³/mol. The van der Waals surface area contributed by atoms with Gasteiger partial charge in [-0.2, -0.15) is 0 Å². The number of H-pyrrole nitrogens is 1. The number of hydrogen-bond acceptors (Lipinski definition) is 5. The first kappa shape index (κ1) is 23.4. The first-order valence-corrected chi connectivity index (χ1v) is 10.7. The highest BCUT2D eigenvalue weighted by Gasteiger charge is 2.32. The van der Waals surface area contributed by atoms with Crippen molar-refractivity contribution in [3.05, 3.63) is 53.3 Å². The minimum absolute atomic E-state index is 0.0744. The Kier molecular flexibility index (Phi) is 6.11. The zero-order valence-corrected chi connectivity index (χ0v) is 18.6. The van der Waals surface area contributed by atoms with Crippen molar-refractivity contribution in [2.45, 2.75) is 25.1 Å². The van der Waals surface area contributed by atoms with Gasteiger partial charge in [0.05, 0.1) is 11.1 Å². The predicted octanol–water partition coefficient (Wildman–Crippen LogP) is 3.77. The van der Waals surface area contributed by atoms with E-state index in [9.17, 15) is 22.8 Å². The monoisotopic (exact) mass is 475 g/mol. The number of aromatic nitrogens is 2. The van der Waals surface area contributed by atoms with Crippen molar-refractivity contribution >= 4 is 28.5 Å². The molecule has 0 spiro atoms. The molecule has 1 aromatic carbocycles. The summed E-state index contributed by atoms with van der Waals surface area (Å²) in [6, 6.07) is 5.16. The number of halogens is 3. The van der Waals surface area contributed by atoms with Crippen molar-refractivity contribution in [2.24, 2.45) is 0 Å². The number of piperidine rings is 1. The second-order valence-electron chi connectivity index (χ2n) is 8.43. The molecule has 0 aliphatic carbocycles. The topological polar surface area (TPSA) is 105 Å². The average molecular weight is 475 g/mol. The Morgan fingerprint density at radius 1 is 1.21 bits per heavy atom. The number of anilines is 1. The van der Waals surface area contributed by atoms with Crippen LogP contribution in [0.2, 0.25) is 0 Å². The first-order valence-electron chi connectivity index (χ1n) is 10.7. The standard InChI is InChI=1S/C23H24F3N5O3/c1-30(2)21(32)14-9-17-18(12-29-20(17)28-11-14)13-5-7-31(8-6-13)22(33)16-4-3-15(10-19(16)27)34-23(24,25)26/h3-4,9-13H,5-8,27H2,1-2H3,(H,28,29). The molecule has 1 aliphatic heterocycles. The highest BCUT2D eigenvalue weighted by molar-refractivity contribution is 5.99. The molecular formula is C23H24F3N5O3. The van der Waals surface area contributed by atoms with Gasteiger partial charge in [0.1, 0.15) is 11.4 Å². The van der Waals surface area contributed by atoms with Gasteiger partial charge in [-0.15, -0.1) is 13.2 Å². The number of carbonyl (C=O) groups is 2. The highest BCUT2D eigenvalue weighted by Crippen LogP contribution is 2.34. The smallest absolute Gasteiger partial charge is 0.406 e. The Morgan fingerprint density at radius 2 is 1.91 bits per heavy atom. The van der Waals surface area contributed by atoms with E-state index in [2.05, 4.69) is 14.7 Å². The highest BCUT2D eigenvalue weighted by atomic mass is 19.4. The number of ether oxygens (including phenoxy) is 1. The van der Waals surface area contributed by atoms with E-state index in [1.807, 2.05) is 12.3 Å². The molecule has 0 atom stereocenters. The van der Waals surface area contributed by atoms with Gasteiger partial charge in [-0.1, -0.05) is 0 Å². The second-order valence-corrected chi connectivity index (χ2v) is 8.43. The molecule has 3 N–H and O–H groups in total. The van der Waals surface area contributed by atoms with Crippen molar-refractivity contribution in [3.63, 3.8) is 0 Å². The van der Waals surface area contributed by atoms with Crippen molar-refractivity contribution in [1.29, 1.82) is 0 Å². The van der Waals surface area contributed by atoms with E-state index in [0.717, 1.165) is 23.1 Å². The Hall–Kier alpha value is -3.76. The lowest BCUT2D eigenvalue weighted by atomic mass is 9.89. The van der Waals surface area contributed by atoms with Gasteiger partial charge in [-0.05, 0) is 42.5 Å². The third-order valence-corrected chi connectivity index (χ3v) is 5.93. The summed E-state index contributed by atoms with van der Waals surface area (Å²) < 4.78 is 41.1. The number of nitrogens with two attached hydrogens (primary N) is 1. The van der Waals surface area contributed by atoms with Crippen LogP contribution in [0.4, 0.5) is 18.9 Å². The molecule has 1 saturated heterocycles. The van der Waals surface area contributed by atoms with E-state index in [-0.39, 0.29) is 29.0 Å². The zero-order chi connectivity index (χ0) is 24.6. The number of fused-ring (bicyclic) bond motifs is 1. The summed E-state index contributed by atoms with van der Waals surface area (Å²) in [5.41, 5.74) is 8.13. The minimum Gasteiger partial charge on any atom is -0.406 e. The van der Waals surface area contributed by atoms with Crippen LogP contribution in [0, 0.1) is 0 Å². The van der Waals surface area contributed by atoms with Gasteiger partial charge in [0.25, 0.3) is 11.8 Å². The zero-order valence-electron chi connectivity index (χ0n) is 18.6. The van der Waals surface area contributed by atoms with Crippen molar-refractivity contribution < 1.29 is 27.5 Å². The fourth-order valence-corrected chi connectivity index (χ4v) is 4.23. The van der Waals surface area contributed by atoms with Crippen LogP contribution in [0.3, 0.4) is 0 Å². The molecule has 0 saturated carbocycles. The summed E-state index contributed by atoms with van der Waals surface area (Å²) in [6.45, 7) is 0.917. The van der Waals surface area contributed by atoms with Gasteiger partial charge in [-0.25, -0.2) is 4.98 Å². The quantitative estimate of drug-likeness (QED) is 0.559. The van der Waals surface area contributed by atoms with Crippen LogP contribution in [0.15, 0.2) is 36.7 Å². The Bertz CT molecular complexity index is 1230. The number of carbonyl (C=O) groups excluding carboxylic acids is 2. The van der Waals surface area contributed by atoms with E-state index in [1.165, 1.54) is 11.0 Å². The largest absolute Gasteiger partial charge is 0.573 e. The Balaban J connectivity index is 1.46. The van der Waals surface area contributed by atoms with E-state index in [4.69, 9.17) is 5.73 Å². The number of benzene rings is 1. The van der Waals surface area contributed by atoms with Crippen LogP contribution >= 0.6 is 0 Å². The van der Waals surface area contributed by atoms with E-state index in [1.54, 1.807) is 25.2 Å². The molecule has 0 radical (unpaired) electrons. The summed E-state index contributed by atoms with van der Waals surface area (Å²) in [7, 11) is 3.36.